The molecule has 0 N–H and O–H groups in total. The van der Waals surface area contributed by atoms with E-state index in [1.807, 2.05) is 0 Å². The van der Waals surface area contributed by atoms with E-state index in [9.17, 15) is 0 Å². The molecule has 2 atom stereocenters. The molecule has 0 saturated carbocycles. The SMILES string of the molecule is CC1[C@@H](C)C=CN1C. The van der Waals surface area contributed by atoms with Gasteiger partial charge < -0.3 is 4.90 Å². The molecule has 0 amide bonds. The van der Waals surface area contributed by atoms with Crippen LogP contribution in [-0.2, 0) is 0 Å². The molecule has 1 aliphatic heterocycles. The lowest BCUT2D eigenvalue weighted by Crippen LogP contribution is -2.23. The molecule has 0 spiro atoms. The molecule has 0 aromatic rings. The van der Waals surface area contributed by atoms with Crippen molar-refractivity contribution in [1.29, 1.82) is 0 Å². The molecule has 1 unspecified atom stereocenters. The Hall–Kier alpha value is -0.460. The molecule has 46 valence electrons. The van der Waals surface area contributed by atoms with Crippen LogP contribution in [0.5, 0.6) is 0 Å². The Balaban J connectivity index is 2.55. The van der Waals surface area contributed by atoms with E-state index >= 15 is 0 Å². The van der Waals surface area contributed by atoms with Crippen molar-refractivity contribution in [2.75, 3.05) is 7.05 Å². The lowest BCUT2D eigenvalue weighted by Gasteiger charge is -2.18. The summed E-state index contributed by atoms with van der Waals surface area (Å²) in [5, 5.41) is 0. The Morgan fingerprint density at radius 2 is 2.00 bits per heavy atom. The molecular weight excluding hydrogens is 98.1 g/mol. The molecule has 0 aromatic heterocycles. The first-order valence-electron chi connectivity index (χ1n) is 3.12. The maximum atomic E-state index is 2.24. The molecule has 1 heteroatoms. The van der Waals surface area contributed by atoms with Crippen LogP contribution in [0.15, 0.2) is 12.3 Å². The minimum absolute atomic E-state index is 0.704. The van der Waals surface area contributed by atoms with Gasteiger partial charge in [0.15, 0.2) is 0 Å². The molecule has 8 heavy (non-hydrogen) atoms. The fourth-order valence-electron chi connectivity index (χ4n) is 0.939. The van der Waals surface area contributed by atoms with Crippen LogP contribution in [0.4, 0.5) is 0 Å². The summed E-state index contributed by atoms with van der Waals surface area (Å²) in [5.74, 6) is 0.736. The van der Waals surface area contributed by atoms with E-state index in [4.69, 9.17) is 0 Å². The van der Waals surface area contributed by atoms with E-state index in [1.54, 1.807) is 0 Å². The highest BCUT2D eigenvalue weighted by Crippen LogP contribution is 2.17. The highest BCUT2D eigenvalue weighted by Gasteiger charge is 2.16. The Kier molecular flexibility index (Phi) is 1.28. The first kappa shape index (κ1) is 5.67. The van der Waals surface area contributed by atoms with Crippen molar-refractivity contribution in [3.8, 4) is 0 Å². The zero-order chi connectivity index (χ0) is 6.15. The molecule has 0 saturated heterocycles. The van der Waals surface area contributed by atoms with Gasteiger partial charge in [0.25, 0.3) is 0 Å². The zero-order valence-electron chi connectivity index (χ0n) is 5.76. The molecule has 0 aliphatic carbocycles. The van der Waals surface area contributed by atoms with Crippen LogP contribution in [0, 0.1) is 5.92 Å². The van der Waals surface area contributed by atoms with E-state index in [0.29, 0.717) is 6.04 Å². The molecule has 0 aromatic carbocycles. The summed E-state index contributed by atoms with van der Waals surface area (Å²) in [6.07, 6.45) is 4.39. The third kappa shape index (κ3) is 0.726. The van der Waals surface area contributed by atoms with Gasteiger partial charge in [0, 0.05) is 13.1 Å². The molecule has 1 rings (SSSR count). The van der Waals surface area contributed by atoms with Gasteiger partial charge in [-0.2, -0.15) is 0 Å². The fraction of sp³-hybridized carbons (Fsp3) is 0.714. The van der Waals surface area contributed by atoms with E-state index in [0.717, 1.165) is 5.92 Å². The average Bonchev–Trinajstić information content (AvgIpc) is 1.98. The number of hydrogen-bond acceptors (Lipinski definition) is 1. The van der Waals surface area contributed by atoms with Crippen molar-refractivity contribution in [2.45, 2.75) is 19.9 Å². The summed E-state index contributed by atoms with van der Waals surface area (Å²) in [6, 6.07) is 0.704. The van der Waals surface area contributed by atoms with Crippen molar-refractivity contribution in [2.24, 2.45) is 5.92 Å². The molecular formula is C7H13N. The molecule has 0 fully saturated rings. The predicted molar refractivity (Wildman–Crippen MR) is 35.5 cm³/mol. The summed E-state index contributed by atoms with van der Waals surface area (Å²) in [7, 11) is 2.12. The van der Waals surface area contributed by atoms with Gasteiger partial charge >= 0.3 is 0 Å². The second kappa shape index (κ2) is 1.81. The van der Waals surface area contributed by atoms with Gasteiger partial charge in [-0.15, -0.1) is 0 Å². The highest BCUT2D eigenvalue weighted by atomic mass is 15.1. The van der Waals surface area contributed by atoms with Gasteiger partial charge in [-0.05, 0) is 19.0 Å². The van der Waals surface area contributed by atoms with Gasteiger partial charge in [-0.3, -0.25) is 0 Å². The first-order chi connectivity index (χ1) is 3.72. The third-order valence-corrected chi connectivity index (χ3v) is 2.03. The molecule has 1 aliphatic rings. The number of rotatable bonds is 0. The standard InChI is InChI=1S/C7H13N/c1-6-4-5-8(3)7(6)2/h4-7H,1-3H3/t6-,7?/m0/s1. The summed E-state index contributed by atoms with van der Waals surface area (Å²) < 4.78 is 0. The maximum absolute atomic E-state index is 2.24. The van der Waals surface area contributed by atoms with E-state index in [1.165, 1.54) is 0 Å². The van der Waals surface area contributed by atoms with Crippen LogP contribution in [0.3, 0.4) is 0 Å². The molecule has 0 radical (unpaired) electrons. The fourth-order valence-corrected chi connectivity index (χ4v) is 0.939. The summed E-state index contributed by atoms with van der Waals surface area (Å²) >= 11 is 0. The normalized spacial score (nSPS) is 36.6. The predicted octanol–water partition coefficient (Wildman–Crippen LogP) is 1.47. The van der Waals surface area contributed by atoms with Gasteiger partial charge in [0.2, 0.25) is 0 Å². The number of hydrogen-bond donors (Lipinski definition) is 0. The zero-order valence-corrected chi connectivity index (χ0v) is 5.76. The van der Waals surface area contributed by atoms with E-state index in [2.05, 4.69) is 38.1 Å². The van der Waals surface area contributed by atoms with Crippen LogP contribution < -0.4 is 0 Å². The smallest absolute Gasteiger partial charge is 0.0313 e. The summed E-state index contributed by atoms with van der Waals surface area (Å²) in [6.45, 7) is 4.48. The van der Waals surface area contributed by atoms with Gasteiger partial charge in [0.1, 0.15) is 0 Å². The Labute approximate surface area is 51.0 Å². The van der Waals surface area contributed by atoms with Gasteiger partial charge in [0.05, 0.1) is 0 Å². The van der Waals surface area contributed by atoms with Crippen LogP contribution in [0.1, 0.15) is 13.8 Å². The minimum atomic E-state index is 0.704. The lowest BCUT2D eigenvalue weighted by molar-refractivity contribution is 0.333. The highest BCUT2D eigenvalue weighted by molar-refractivity contribution is 4.99. The summed E-state index contributed by atoms with van der Waals surface area (Å²) in [5.41, 5.74) is 0. The average molecular weight is 111 g/mol. The van der Waals surface area contributed by atoms with E-state index < -0.39 is 0 Å². The Morgan fingerprint density at radius 1 is 1.38 bits per heavy atom. The van der Waals surface area contributed by atoms with Gasteiger partial charge in [-0.25, -0.2) is 0 Å². The second-order valence-electron chi connectivity index (χ2n) is 2.61. The van der Waals surface area contributed by atoms with Crippen molar-refractivity contribution in [3.63, 3.8) is 0 Å². The van der Waals surface area contributed by atoms with Crippen LogP contribution in [0.25, 0.3) is 0 Å². The number of nitrogens with zero attached hydrogens (tertiary/aromatic N) is 1. The molecule has 0 bridgehead atoms. The largest absolute Gasteiger partial charge is 0.377 e. The lowest BCUT2D eigenvalue weighted by atomic mass is 10.1. The second-order valence-corrected chi connectivity index (χ2v) is 2.61. The summed E-state index contributed by atoms with van der Waals surface area (Å²) in [4.78, 5) is 2.24. The quantitative estimate of drug-likeness (QED) is 0.457. The topological polar surface area (TPSA) is 3.24 Å². The first-order valence-corrected chi connectivity index (χ1v) is 3.12. The minimum Gasteiger partial charge on any atom is -0.377 e. The van der Waals surface area contributed by atoms with Crippen molar-refractivity contribution < 1.29 is 0 Å². The third-order valence-electron chi connectivity index (χ3n) is 2.03. The van der Waals surface area contributed by atoms with Crippen LogP contribution >= 0.6 is 0 Å². The van der Waals surface area contributed by atoms with Crippen molar-refractivity contribution in [1.82, 2.24) is 4.90 Å². The van der Waals surface area contributed by atoms with Gasteiger partial charge in [-0.1, -0.05) is 13.0 Å². The van der Waals surface area contributed by atoms with Crippen LogP contribution in [0.2, 0.25) is 0 Å². The maximum Gasteiger partial charge on any atom is 0.0313 e. The Morgan fingerprint density at radius 3 is 2.12 bits per heavy atom. The molecule has 1 heterocycles. The Bertz CT molecular complexity index is 95.0. The van der Waals surface area contributed by atoms with Crippen molar-refractivity contribution >= 4 is 0 Å². The van der Waals surface area contributed by atoms with Crippen molar-refractivity contribution in [3.05, 3.63) is 12.3 Å². The van der Waals surface area contributed by atoms with Crippen LogP contribution in [-0.4, -0.2) is 18.0 Å². The monoisotopic (exact) mass is 111 g/mol. The van der Waals surface area contributed by atoms with E-state index in [-0.39, 0.29) is 0 Å². The molecule has 1 nitrogen and oxygen atoms in total.